The highest BCUT2D eigenvalue weighted by molar-refractivity contribution is 7.79. The SMILES string of the molecule is COc1cccc(CS)c1O. The maximum absolute atomic E-state index is 9.41. The standard InChI is InChI=1S/C8H10O2S/c1-10-7-4-2-3-6(5-11)8(7)9/h2-4,9,11H,5H2,1H3. The lowest BCUT2D eigenvalue weighted by atomic mass is 10.2. The number of hydrogen-bond donors (Lipinski definition) is 2. The van der Waals surface area contributed by atoms with E-state index in [4.69, 9.17) is 4.74 Å². The van der Waals surface area contributed by atoms with E-state index in [0.29, 0.717) is 11.5 Å². The molecule has 1 N–H and O–H groups in total. The fourth-order valence-electron chi connectivity index (χ4n) is 0.860. The molecular weight excluding hydrogens is 160 g/mol. The fourth-order valence-corrected chi connectivity index (χ4v) is 1.12. The van der Waals surface area contributed by atoms with Gasteiger partial charge in [-0.15, -0.1) is 0 Å². The molecule has 0 radical (unpaired) electrons. The van der Waals surface area contributed by atoms with Crippen LogP contribution in [-0.4, -0.2) is 12.2 Å². The molecule has 0 spiro atoms. The van der Waals surface area contributed by atoms with Crippen molar-refractivity contribution in [2.75, 3.05) is 7.11 Å². The molecule has 60 valence electrons. The second-order valence-corrected chi connectivity index (χ2v) is 2.44. The minimum Gasteiger partial charge on any atom is -0.504 e. The van der Waals surface area contributed by atoms with E-state index in [1.807, 2.05) is 12.1 Å². The zero-order valence-corrected chi connectivity index (χ0v) is 7.14. The number of hydrogen-bond acceptors (Lipinski definition) is 3. The molecule has 0 fully saturated rings. The predicted octanol–water partition coefficient (Wildman–Crippen LogP) is 1.83. The predicted molar refractivity (Wildman–Crippen MR) is 47.3 cm³/mol. The van der Waals surface area contributed by atoms with Gasteiger partial charge in [-0.05, 0) is 6.07 Å². The van der Waals surface area contributed by atoms with Crippen LogP contribution in [0.2, 0.25) is 0 Å². The summed E-state index contributed by atoms with van der Waals surface area (Å²) in [6.07, 6.45) is 0. The molecule has 0 aliphatic rings. The number of methoxy groups -OCH3 is 1. The average molecular weight is 170 g/mol. The van der Waals surface area contributed by atoms with Crippen molar-refractivity contribution in [2.45, 2.75) is 5.75 Å². The summed E-state index contributed by atoms with van der Waals surface area (Å²) in [6, 6.07) is 5.34. The molecule has 11 heavy (non-hydrogen) atoms. The molecule has 1 aromatic rings. The van der Waals surface area contributed by atoms with E-state index < -0.39 is 0 Å². The number of phenols is 1. The highest BCUT2D eigenvalue weighted by Gasteiger charge is 2.03. The van der Waals surface area contributed by atoms with Gasteiger partial charge in [0.2, 0.25) is 0 Å². The minimum absolute atomic E-state index is 0.185. The molecule has 0 amide bonds. The summed E-state index contributed by atoms with van der Waals surface area (Å²) >= 11 is 4.05. The van der Waals surface area contributed by atoms with Crippen molar-refractivity contribution in [3.63, 3.8) is 0 Å². The normalized spacial score (nSPS) is 9.64. The van der Waals surface area contributed by atoms with E-state index in [-0.39, 0.29) is 5.75 Å². The van der Waals surface area contributed by atoms with Crippen LogP contribution in [0.1, 0.15) is 5.56 Å². The Morgan fingerprint density at radius 2 is 2.27 bits per heavy atom. The lowest BCUT2D eigenvalue weighted by Crippen LogP contribution is -1.86. The lowest BCUT2D eigenvalue weighted by molar-refractivity contribution is 0.371. The molecule has 0 aromatic heterocycles. The molecule has 1 rings (SSSR count). The number of aromatic hydroxyl groups is 1. The van der Waals surface area contributed by atoms with Gasteiger partial charge in [-0.2, -0.15) is 12.6 Å². The lowest BCUT2D eigenvalue weighted by Gasteiger charge is -2.05. The average Bonchev–Trinajstić information content (AvgIpc) is 2.05. The summed E-state index contributed by atoms with van der Waals surface area (Å²) in [7, 11) is 1.53. The molecule has 0 aliphatic heterocycles. The van der Waals surface area contributed by atoms with E-state index in [1.54, 1.807) is 6.07 Å². The van der Waals surface area contributed by atoms with Crippen LogP contribution in [0.5, 0.6) is 11.5 Å². The number of ether oxygens (including phenoxy) is 1. The second-order valence-electron chi connectivity index (χ2n) is 2.13. The monoisotopic (exact) mass is 170 g/mol. The second kappa shape index (κ2) is 3.53. The molecular formula is C8H10O2S. The van der Waals surface area contributed by atoms with Crippen LogP contribution in [0.3, 0.4) is 0 Å². The van der Waals surface area contributed by atoms with E-state index in [0.717, 1.165) is 5.56 Å². The van der Waals surface area contributed by atoms with Crippen LogP contribution < -0.4 is 4.74 Å². The third-order valence-corrected chi connectivity index (χ3v) is 1.81. The van der Waals surface area contributed by atoms with Gasteiger partial charge in [0.1, 0.15) is 0 Å². The maximum atomic E-state index is 9.41. The van der Waals surface area contributed by atoms with Gasteiger partial charge < -0.3 is 9.84 Å². The molecule has 0 saturated heterocycles. The first-order valence-corrected chi connectivity index (χ1v) is 3.88. The van der Waals surface area contributed by atoms with Crippen LogP contribution in [0.25, 0.3) is 0 Å². The summed E-state index contributed by atoms with van der Waals surface area (Å²) in [5, 5.41) is 9.41. The fraction of sp³-hybridized carbons (Fsp3) is 0.250. The van der Waals surface area contributed by atoms with Crippen molar-refractivity contribution in [3.05, 3.63) is 23.8 Å². The molecule has 2 nitrogen and oxygen atoms in total. The van der Waals surface area contributed by atoms with Gasteiger partial charge in [-0.3, -0.25) is 0 Å². The summed E-state index contributed by atoms with van der Waals surface area (Å²) in [5.74, 6) is 1.20. The Morgan fingerprint density at radius 3 is 2.82 bits per heavy atom. The first-order valence-electron chi connectivity index (χ1n) is 3.25. The number of phenolic OH excluding ortho intramolecular Hbond substituents is 1. The van der Waals surface area contributed by atoms with Crippen molar-refractivity contribution in [1.29, 1.82) is 0 Å². The third-order valence-electron chi connectivity index (χ3n) is 1.47. The zero-order chi connectivity index (χ0) is 8.27. The van der Waals surface area contributed by atoms with Gasteiger partial charge in [0, 0.05) is 11.3 Å². The van der Waals surface area contributed by atoms with E-state index >= 15 is 0 Å². The molecule has 0 unspecified atom stereocenters. The van der Waals surface area contributed by atoms with Crippen LogP contribution in [-0.2, 0) is 5.75 Å². The van der Waals surface area contributed by atoms with Gasteiger partial charge in [0.15, 0.2) is 11.5 Å². The van der Waals surface area contributed by atoms with Crippen molar-refractivity contribution in [2.24, 2.45) is 0 Å². The minimum atomic E-state index is 0.185. The molecule has 0 heterocycles. The van der Waals surface area contributed by atoms with Gasteiger partial charge >= 0.3 is 0 Å². The van der Waals surface area contributed by atoms with Crippen molar-refractivity contribution < 1.29 is 9.84 Å². The van der Waals surface area contributed by atoms with E-state index in [2.05, 4.69) is 12.6 Å². The van der Waals surface area contributed by atoms with Gasteiger partial charge in [-0.25, -0.2) is 0 Å². The Morgan fingerprint density at radius 1 is 1.55 bits per heavy atom. The van der Waals surface area contributed by atoms with Crippen LogP contribution in [0.4, 0.5) is 0 Å². The third kappa shape index (κ3) is 1.60. The summed E-state index contributed by atoms with van der Waals surface area (Å²) in [4.78, 5) is 0. The van der Waals surface area contributed by atoms with Crippen LogP contribution in [0.15, 0.2) is 18.2 Å². The van der Waals surface area contributed by atoms with Crippen molar-refractivity contribution in [1.82, 2.24) is 0 Å². The van der Waals surface area contributed by atoms with Gasteiger partial charge in [0.25, 0.3) is 0 Å². The first-order chi connectivity index (χ1) is 5.29. The number of thiol groups is 1. The van der Waals surface area contributed by atoms with Gasteiger partial charge in [0.05, 0.1) is 7.11 Å². The number of benzene rings is 1. The topological polar surface area (TPSA) is 29.5 Å². The Hall–Kier alpha value is -0.830. The molecule has 0 saturated carbocycles. The Balaban J connectivity index is 3.10. The maximum Gasteiger partial charge on any atom is 0.161 e. The smallest absolute Gasteiger partial charge is 0.161 e. The molecule has 0 aliphatic carbocycles. The molecule has 3 heteroatoms. The van der Waals surface area contributed by atoms with Gasteiger partial charge in [-0.1, -0.05) is 12.1 Å². The number of rotatable bonds is 2. The quantitative estimate of drug-likeness (QED) is 0.663. The summed E-state index contributed by atoms with van der Waals surface area (Å²) in [5.41, 5.74) is 0.785. The Kier molecular flexibility index (Phi) is 2.65. The Bertz CT molecular complexity index is 226. The zero-order valence-electron chi connectivity index (χ0n) is 6.24. The molecule has 0 bridgehead atoms. The number of para-hydroxylation sites is 1. The molecule has 0 atom stereocenters. The van der Waals surface area contributed by atoms with Crippen LogP contribution >= 0.6 is 12.6 Å². The van der Waals surface area contributed by atoms with Crippen molar-refractivity contribution >= 4 is 12.6 Å². The largest absolute Gasteiger partial charge is 0.504 e. The highest BCUT2D eigenvalue weighted by Crippen LogP contribution is 2.29. The molecule has 1 aromatic carbocycles. The summed E-state index contributed by atoms with van der Waals surface area (Å²) in [6.45, 7) is 0. The first kappa shape index (κ1) is 8.27. The van der Waals surface area contributed by atoms with E-state index in [9.17, 15) is 5.11 Å². The Labute approximate surface area is 71.2 Å². The van der Waals surface area contributed by atoms with E-state index in [1.165, 1.54) is 7.11 Å². The van der Waals surface area contributed by atoms with Crippen LogP contribution in [0, 0.1) is 0 Å². The highest BCUT2D eigenvalue weighted by atomic mass is 32.1. The van der Waals surface area contributed by atoms with Crippen molar-refractivity contribution in [3.8, 4) is 11.5 Å². The summed E-state index contributed by atoms with van der Waals surface area (Å²) < 4.78 is 4.90.